The molecular weight excluding hydrogens is 455 g/mol. The Balaban J connectivity index is 1.75. The van der Waals surface area contributed by atoms with Gasteiger partial charge in [-0.25, -0.2) is 4.68 Å². The summed E-state index contributed by atoms with van der Waals surface area (Å²) in [6.07, 6.45) is -3.99. The van der Waals surface area contributed by atoms with Crippen LogP contribution in [0, 0.1) is 5.92 Å². The smallest absolute Gasteiger partial charge is 0.435 e. The van der Waals surface area contributed by atoms with Crippen LogP contribution < -0.4 is 5.32 Å². The predicted molar refractivity (Wildman–Crippen MR) is 113 cm³/mol. The maximum Gasteiger partial charge on any atom is 0.435 e. The molecule has 0 aliphatic heterocycles. The summed E-state index contributed by atoms with van der Waals surface area (Å²) < 4.78 is 51.1. The van der Waals surface area contributed by atoms with Gasteiger partial charge >= 0.3 is 18.1 Å². The summed E-state index contributed by atoms with van der Waals surface area (Å²) in [7, 11) is 1.04. The Morgan fingerprint density at radius 3 is 2.21 bits per heavy atom. The van der Waals surface area contributed by atoms with Gasteiger partial charge in [-0.15, -0.1) is 0 Å². The van der Waals surface area contributed by atoms with E-state index in [0.29, 0.717) is 11.3 Å². The van der Waals surface area contributed by atoms with E-state index in [2.05, 4.69) is 15.2 Å². The molecule has 178 valence electrons. The Morgan fingerprint density at radius 1 is 1.00 bits per heavy atom. The predicted octanol–water partition coefficient (Wildman–Crippen LogP) is 3.15. The van der Waals surface area contributed by atoms with Crippen molar-refractivity contribution in [3.63, 3.8) is 0 Å². The fraction of sp³-hybridized carbons (Fsp3) is 0.217. The van der Waals surface area contributed by atoms with Crippen LogP contribution in [0.2, 0.25) is 0 Å². The summed E-state index contributed by atoms with van der Waals surface area (Å²) in [5.74, 6) is -4.74. The van der Waals surface area contributed by atoms with Gasteiger partial charge in [-0.2, -0.15) is 18.3 Å². The molecule has 0 spiro atoms. The van der Waals surface area contributed by atoms with Crippen LogP contribution in [-0.2, 0) is 31.8 Å². The maximum atomic E-state index is 13.5. The summed E-state index contributed by atoms with van der Waals surface area (Å²) in [4.78, 5) is 37.1. The van der Waals surface area contributed by atoms with Gasteiger partial charge in [0.05, 0.1) is 18.4 Å². The number of amides is 1. The zero-order valence-corrected chi connectivity index (χ0v) is 17.9. The van der Waals surface area contributed by atoms with Crippen molar-refractivity contribution in [1.29, 1.82) is 0 Å². The number of aromatic nitrogens is 2. The van der Waals surface area contributed by atoms with Crippen molar-refractivity contribution in [1.82, 2.24) is 15.1 Å². The second-order valence-electron chi connectivity index (χ2n) is 7.05. The van der Waals surface area contributed by atoms with Crippen molar-refractivity contribution in [2.45, 2.75) is 12.8 Å². The number of ether oxygens (including phenoxy) is 2. The summed E-state index contributed by atoms with van der Waals surface area (Å²) in [6.45, 7) is -0.768. The molecule has 1 aromatic heterocycles. The van der Waals surface area contributed by atoms with Crippen LogP contribution >= 0.6 is 0 Å². The highest BCUT2D eigenvalue weighted by atomic mass is 19.4. The van der Waals surface area contributed by atoms with Crippen molar-refractivity contribution in [2.24, 2.45) is 5.92 Å². The number of nitrogens with one attached hydrogen (secondary N) is 1. The van der Waals surface area contributed by atoms with Gasteiger partial charge in [0.2, 0.25) is 0 Å². The fourth-order valence-corrected chi connectivity index (χ4v) is 2.99. The third kappa shape index (κ3) is 6.00. The number of carbonyl (C=O) groups excluding carboxylic acids is 3. The molecule has 0 saturated heterocycles. The lowest BCUT2D eigenvalue weighted by molar-refractivity contribution is -0.161. The fourth-order valence-electron chi connectivity index (χ4n) is 2.99. The summed E-state index contributed by atoms with van der Waals surface area (Å²) in [5, 5.41) is 5.67. The second-order valence-corrected chi connectivity index (χ2v) is 7.05. The molecule has 0 bridgehead atoms. The molecule has 0 radical (unpaired) electrons. The molecule has 1 atom stereocenters. The molecule has 0 unspecified atom stereocenters. The van der Waals surface area contributed by atoms with Gasteiger partial charge in [-0.1, -0.05) is 48.5 Å². The highest BCUT2D eigenvalue weighted by Gasteiger charge is 2.40. The molecule has 1 heterocycles. The molecule has 3 rings (SSSR count). The van der Waals surface area contributed by atoms with Gasteiger partial charge in [0.15, 0.2) is 11.6 Å². The van der Waals surface area contributed by atoms with Crippen molar-refractivity contribution < 1.29 is 37.0 Å². The van der Waals surface area contributed by atoms with E-state index in [9.17, 15) is 27.6 Å². The quantitative estimate of drug-likeness (QED) is 0.397. The van der Waals surface area contributed by atoms with Gasteiger partial charge in [-0.3, -0.25) is 14.4 Å². The lowest BCUT2D eigenvalue weighted by Crippen LogP contribution is -2.39. The Bertz CT molecular complexity index is 1150. The van der Waals surface area contributed by atoms with Gasteiger partial charge in [-0.05, 0) is 17.7 Å². The first-order valence-corrected chi connectivity index (χ1v) is 9.99. The first-order chi connectivity index (χ1) is 16.2. The highest BCUT2D eigenvalue weighted by Crippen LogP contribution is 2.31. The number of carbonyl (C=O) groups is 3. The van der Waals surface area contributed by atoms with E-state index in [0.717, 1.165) is 18.0 Å². The standard InChI is InChI=1S/C23H20F3N3O5/c1-33-21(31)17(22(32)34-14-15-8-4-2-5-9-15)12-27-20(30)18-13-29(16-10-6-3-7-11-16)28-19(18)23(24,25)26/h2-11,13,17H,12,14H2,1H3,(H,27,30)/t17-/m1/s1. The zero-order chi connectivity index (χ0) is 24.7. The Kier molecular flexibility index (Phi) is 7.67. The first-order valence-electron chi connectivity index (χ1n) is 9.99. The van der Waals surface area contributed by atoms with E-state index in [4.69, 9.17) is 4.74 Å². The third-order valence-electron chi connectivity index (χ3n) is 4.71. The molecule has 1 N–H and O–H groups in total. The van der Waals surface area contributed by atoms with Gasteiger partial charge in [0, 0.05) is 12.7 Å². The van der Waals surface area contributed by atoms with Crippen molar-refractivity contribution in [3.05, 3.63) is 83.7 Å². The summed E-state index contributed by atoms with van der Waals surface area (Å²) >= 11 is 0. The molecule has 0 aliphatic rings. The molecular formula is C23H20F3N3O5. The van der Waals surface area contributed by atoms with Gasteiger partial charge in [0.1, 0.15) is 6.61 Å². The van der Waals surface area contributed by atoms with Crippen molar-refractivity contribution in [2.75, 3.05) is 13.7 Å². The topological polar surface area (TPSA) is 99.5 Å². The van der Waals surface area contributed by atoms with Crippen LogP contribution in [0.1, 0.15) is 21.6 Å². The van der Waals surface area contributed by atoms with Crippen LogP contribution in [0.3, 0.4) is 0 Å². The number of hydrogen-bond donors (Lipinski definition) is 1. The minimum atomic E-state index is -4.91. The molecule has 0 aliphatic carbocycles. The van der Waals surface area contributed by atoms with Crippen LogP contribution in [0.25, 0.3) is 5.69 Å². The summed E-state index contributed by atoms with van der Waals surface area (Å²) in [5.41, 5.74) is -1.21. The largest absolute Gasteiger partial charge is 0.468 e. The molecule has 1 amide bonds. The van der Waals surface area contributed by atoms with E-state index >= 15 is 0 Å². The third-order valence-corrected chi connectivity index (χ3v) is 4.71. The number of halogens is 3. The number of esters is 2. The van der Waals surface area contributed by atoms with E-state index < -0.39 is 47.7 Å². The Hall–Kier alpha value is -4.15. The maximum absolute atomic E-state index is 13.5. The Labute approximate surface area is 192 Å². The normalized spacial score (nSPS) is 12.0. The van der Waals surface area contributed by atoms with Crippen LogP contribution in [0.5, 0.6) is 0 Å². The lowest BCUT2D eigenvalue weighted by atomic mass is 10.1. The van der Waals surface area contributed by atoms with Crippen LogP contribution in [0.15, 0.2) is 66.9 Å². The first kappa shape index (κ1) is 24.5. The number of rotatable bonds is 8. The number of nitrogens with zero attached hydrogens (tertiary/aromatic N) is 2. The van der Waals surface area contributed by atoms with Gasteiger partial charge in [0.25, 0.3) is 5.91 Å². The van der Waals surface area contributed by atoms with E-state index in [1.54, 1.807) is 48.5 Å². The molecule has 0 fully saturated rings. The number of para-hydroxylation sites is 1. The average molecular weight is 475 g/mol. The second kappa shape index (κ2) is 10.6. The van der Waals surface area contributed by atoms with Gasteiger partial charge < -0.3 is 14.8 Å². The minimum Gasteiger partial charge on any atom is -0.468 e. The van der Waals surface area contributed by atoms with Crippen LogP contribution in [0.4, 0.5) is 13.2 Å². The van der Waals surface area contributed by atoms with Crippen molar-refractivity contribution in [3.8, 4) is 5.69 Å². The molecule has 34 heavy (non-hydrogen) atoms. The monoisotopic (exact) mass is 475 g/mol. The SMILES string of the molecule is COC(=O)[C@@H](CNC(=O)c1cn(-c2ccccc2)nc1C(F)(F)F)C(=O)OCc1ccccc1. The molecule has 8 nitrogen and oxygen atoms in total. The number of methoxy groups -OCH3 is 1. The van der Waals surface area contributed by atoms with E-state index in [1.807, 2.05) is 0 Å². The minimum absolute atomic E-state index is 0.136. The number of hydrogen-bond acceptors (Lipinski definition) is 6. The van der Waals surface area contributed by atoms with E-state index in [1.165, 1.54) is 12.1 Å². The highest BCUT2D eigenvalue weighted by molar-refractivity contribution is 5.98. The van der Waals surface area contributed by atoms with E-state index in [-0.39, 0.29) is 6.61 Å². The zero-order valence-electron chi connectivity index (χ0n) is 17.9. The van der Waals surface area contributed by atoms with Crippen LogP contribution in [-0.4, -0.2) is 41.3 Å². The summed E-state index contributed by atoms with van der Waals surface area (Å²) in [6, 6.07) is 16.6. The molecule has 3 aromatic rings. The molecule has 2 aromatic carbocycles. The Morgan fingerprint density at radius 2 is 1.62 bits per heavy atom. The molecule has 0 saturated carbocycles. The van der Waals surface area contributed by atoms with Crippen molar-refractivity contribution >= 4 is 17.8 Å². The number of benzene rings is 2. The molecule has 11 heteroatoms. The lowest BCUT2D eigenvalue weighted by Gasteiger charge is -2.15. The average Bonchev–Trinajstić information content (AvgIpc) is 3.30. The number of alkyl halides is 3.